The third-order valence-corrected chi connectivity index (χ3v) is 10.5. The zero-order valence-electron chi connectivity index (χ0n) is 28.3. The van der Waals surface area contributed by atoms with E-state index < -0.39 is 5.97 Å². The van der Waals surface area contributed by atoms with Crippen LogP contribution >= 0.6 is 11.6 Å². The number of benzene rings is 3. The van der Waals surface area contributed by atoms with Gasteiger partial charge in [-0.3, -0.25) is 14.6 Å². The number of rotatable bonds is 8. The summed E-state index contributed by atoms with van der Waals surface area (Å²) in [6, 6.07) is 20.0. The summed E-state index contributed by atoms with van der Waals surface area (Å²) in [5.41, 5.74) is 9.63. The molecule has 5 heterocycles. The first kappa shape index (κ1) is 33.0. The molecule has 0 bridgehead atoms. The molecule has 1 unspecified atom stereocenters. The smallest absolute Gasteiger partial charge is 0.307 e. The van der Waals surface area contributed by atoms with Crippen LogP contribution in [0.25, 0.3) is 50.7 Å². The second-order valence-electron chi connectivity index (χ2n) is 13.7. The molecule has 0 spiro atoms. The van der Waals surface area contributed by atoms with Gasteiger partial charge in [0.2, 0.25) is 5.89 Å². The fourth-order valence-corrected chi connectivity index (χ4v) is 7.83. The van der Waals surface area contributed by atoms with Crippen LogP contribution in [-0.4, -0.2) is 77.8 Å². The zero-order chi connectivity index (χ0) is 35.4. The lowest BCUT2D eigenvalue weighted by atomic mass is 9.91. The van der Waals surface area contributed by atoms with Gasteiger partial charge in [0.05, 0.1) is 22.6 Å². The van der Waals surface area contributed by atoms with Gasteiger partial charge >= 0.3 is 5.97 Å². The zero-order valence-corrected chi connectivity index (χ0v) is 29.1. The number of hydrogen-bond acceptors (Lipinski definition) is 9. The monoisotopic (exact) mass is 701 g/mol. The number of aromatic nitrogens is 4. The number of nitrogens with zero attached hydrogens (tertiary/aromatic N) is 7. The Balaban J connectivity index is 1.10. The highest BCUT2D eigenvalue weighted by Crippen LogP contribution is 2.38. The first-order valence-electron chi connectivity index (χ1n) is 17.1. The van der Waals surface area contributed by atoms with Crippen molar-refractivity contribution in [2.75, 3.05) is 26.2 Å². The van der Waals surface area contributed by atoms with E-state index in [2.05, 4.69) is 34.9 Å². The fourth-order valence-electron chi connectivity index (χ4n) is 7.56. The van der Waals surface area contributed by atoms with E-state index in [9.17, 15) is 20.3 Å². The molecule has 11 nitrogen and oxygen atoms in total. The van der Waals surface area contributed by atoms with Crippen molar-refractivity contribution >= 4 is 34.3 Å². The van der Waals surface area contributed by atoms with E-state index in [1.54, 1.807) is 4.52 Å². The number of halogens is 1. The van der Waals surface area contributed by atoms with Gasteiger partial charge in [-0.2, -0.15) is 5.26 Å². The number of carboxylic acids is 1. The molecule has 2 fully saturated rings. The van der Waals surface area contributed by atoms with Gasteiger partial charge in [-0.25, -0.2) is 14.5 Å². The maximum atomic E-state index is 11.5. The molecule has 258 valence electrons. The summed E-state index contributed by atoms with van der Waals surface area (Å²) in [4.78, 5) is 25.4. The van der Waals surface area contributed by atoms with E-state index in [0.717, 1.165) is 57.5 Å². The van der Waals surface area contributed by atoms with Gasteiger partial charge in [0.1, 0.15) is 11.6 Å². The maximum absolute atomic E-state index is 11.5. The van der Waals surface area contributed by atoms with Gasteiger partial charge in [-0.15, -0.1) is 5.10 Å². The number of carbonyl (C=O) groups is 1. The van der Waals surface area contributed by atoms with Crippen LogP contribution in [0.5, 0.6) is 0 Å². The number of hydrogen-bond donors (Lipinski definition) is 2. The van der Waals surface area contributed by atoms with Crippen molar-refractivity contribution in [2.24, 2.45) is 5.92 Å². The Labute approximate surface area is 299 Å². The van der Waals surface area contributed by atoms with Crippen LogP contribution in [0.4, 0.5) is 0 Å². The number of likely N-dealkylation sites (tertiary alicyclic amines) is 2. The summed E-state index contributed by atoms with van der Waals surface area (Å²) in [5.74, 6) is -0.139. The first-order valence-corrected chi connectivity index (χ1v) is 17.5. The van der Waals surface area contributed by atoms with Crippen molar-refractivity contribution in [2.45, 2.75) is 45.9 Å². The number of β-amino-alcohol motifs (C(OH)–C–C–N with tert-alkyl or cyclic N) is 1. The van der Waals surface area contributed by atoms with E-state index in [4.69, 9.17) is 31.1 Å². The molecule has 6 aromatic rings. The minimum absolute atomic E-state index is 0.288. The predicted molar refractivity (Wildman–Crippen MR) is 193 cm³/mol. The molecule has 2 aliphatic rings. The van der Waals surface area contributed by atoms with Crippen LogP contribution in [-0.2, 0) is 17.9 Å². The molecule has 0 aliphatic carbocycles. The second-order valence-corrected chi connectivity index (χ2v) is 14.1. The molecule has 51 heavy (non-hydrogen) atoms. The van der Waals surface area contributed by atoms with Gasteiger partial charge in [0.25, 0.3) is 0 Å². The Bertz CT molecular complexity index is 2380. The Morgan fingerprint density at radius 3 is 2.33 bits per heavy atom. The number of oxazole rings is 1. The number of aliphatic carboxylic acids is 1. The molecule has 3 aromatic carbocycles. The lowest BCUT2D eigenvalue weighted by Gasteiger charge is -2.15. The number of pyridine rings is 1. The van der Waals surface area contributed by atoms with Crippen LogP contribution in [0.1, 0.15) is 40.7 Å². The minimum Gasteiger partial charge on any atom is -0.481 e. The highest BCUT2D eigenvalue weighted by Gasteiger charge is 2.28. The molecule has 2 atom stereocenters. The third-order valence-electron chi connectivity index (χ3n) is 10.2. The summed E-state index contributed by atoms with van der Waals surface area (Å²) in [5, 5.41) is 34.7. The van der Waals surface area contributed by atoms with E-state index >= 15 is 0 Å². The lowest BCUT2D eigenvalue weighted by molar-refractivity contribution is -0.141. The SMILES string of the molecule is Cc1c(-c2nc3c(Cl)cc(CN4CCC(O)C4)cn3n2)cccc1-c1cccc(-c2nc3cc(CN4CC[C@@H](C(=O)O)C4)cc(C#N)c3o2)c1C. The Morgan fingerprint density at radius 1 is 0.941 bits per heavy atom. The second kappa shape index (κ2) is 13.2. The molecule has 8 rings (SSSR count). The number of fused-ring (bicyclic) bond motifs is 2. The molecule has 12 heteroatoms. The summed E-state index contributed by atoms with van der Waals surface area (Å²) in [6.45, 7) is 8.00. The molecule has 2 aliphatic heterocycles. The Hall–Kier alpha value is -5.12. The molecule has 3 aromatic heterocycles. The van der Waals surface area contributed by atoms with E-state index in [-0.39, 0.29) is 12.0 Å². The van der Waals surface area contributed by atoms with Crippen LogP contribution in [0.15, 0.2) is 65.2 Å². The number of carboxylic acid groups (broad SMARTS) is 1. The van der Waals surface area contributed by atoms with Gasteiger partial charge in [-0.05, 0) is 90.9 Å². The van der Waals surface area contributed by atoms with Crippen molar-refractivity contribution < 1.29 is 19.4 Å². The molecule has 2 saturated heterocycles. The van der Waals surface area contributed by atoms with Crippen molar-refractivity contribution in [3.63, 3.8) is 0 Å². The molecule has 0 saturated carbocycles. The topological polar surface area (TPSA) is 144 Å². The van der Waals surface area contributed by atoms with E-state index in [1.165, 1.54) is 0 Å². The predicted octanol–water partition coefficient (Wildman–Crippen LogP) is 6.49. The first-order chi connectivity index (χ1) is 24.6. The largest absolute Gasteiger partial charge is 0.481 e. The van der Waals surface area contributed by atoms with Crippen LogP contribution in [0.3, 0.4) is 0 Å². The van der Waals surface area contributed by atoms with Crippen LogP contribution in [0, 0.1) is 31.1 Å². The lowest BCUT2D eigenvalue weighted by Crippen LogP contribution is -2.22. The van der Waals surface area contributed by atoms with Gasteiger partial charge < -0.3 is 14.6 Å². The average molecular weight is 702 g/mol. The summed E-state index contributed by atoms with van der Waals surface area (Å²) in [7, 11) is 0. The average Bonchev–Trinajstić information content (AvgIpc) is 3.92. The van der Waals surface area contributed by atoms with Crippen molar-refractivity contribution in [3.05, 3.63) is 93.6 Å². The van der Waals surface area contributed by atoms with Gasteiger partial charge in [0.15, 0.2) is 17.1 Å². The highest BCUT2D eigenvalue weighted by molar-refractivity contribution is 6.33. The highest BCUT2D eigenvalue weighted by atomic mass is 35.5. The van der Waals surface area contributed by atoms with Crippen molar-refractivity contribution in [1.82, 2.24) is 29.4 Å². The van der Waals surface area contributed by atoms with E-state index in [1.807, 2.05) is 55.6 Å². The van der Waals surface area contributed by atoms with Crippen LogP contribution < -0.4 is 0 Å². The number of aliphatic hydroxyl groups is 1. The molecule has 0 radical (unpaired) electrons. The van der Waals surface area contributed by atoms with E-state index in [0.29, 0.717) is 78.2 Å². The third kappa shape index (κ3) is 6.25. The fraction of sp³-hybridized carbons (Fsp3) is 0.308. The van der Waals surface area contributed by atoms with Crippen LogP contribution in [0.2, 0.25) is 5.02 Å². The Kier molecular flexibility index (Phi) is 8.56. The van der Waals surface area contributed by atoms with Gasteiger partial charge in [-0.1, -0.05) is 41.9 Å². The summed E-state index contributed by atoms with van der Waals surface area (Å²) >= 11 is 6.71. The normalized spacial score (nSPS) is 18.3. The summed E-state index contributed by atoms with van der Waals surface area (Å²) in [6.07, 6.45) is 3.06. The molecular formula is C39H36ClN7O4. The van der Waals surface area contributed by atoms with Crippen molar-refractivity contribution in [1.29, 1.82) is 5.26 Å². The molecule has 2 N–H and O–H groups in total. The number of nitriles is 1. The molecular weight excluding hydrogens is 666 g/mol. The molecule has 0 amide bonds. The Morgan fingerprint density at radius 2 is 1.63 bits per heavy atom. The summed E-state index contributed by atoms with van der Waals surface area (Å²) < 4.78 is 8.01. The maximum Gasteiger partial charge on any atom is 0.307 e. The standard InChI is InChI=1S/C39H36ClN7O4/c1-22-29(5-3-7-31(22)36-43-37-33(40)14-25(19-47(37)44-36)18-46-12-10-28(48)21-46)30-6-4-8-32(23(30)2)38-42-34-15-24(13-27(16-41)35(34)51-38)17-45-11-9-26(20-45)39(49)50/h3-8,13-15,19,26,28,48H,9-12,17-18,20-21H2,1-2H3,(H,49,50)/t26-,28?/m1/s1. The quantitative estimate of drug-likeness (QED) is 0.181. The number of aliphatic hydroxyl groups excluding tert-OH is 1. The van der Waals surface area contributed by atoms with Gasteiger partial charge in [0, 0.05) is 50.0 Å². The minimum atomic E-state index is -0.770. The van der Waals surface area contributed by atoms with Crippen molar-refractivity contribution in [3.8, 4) is 40.0 Å².